The first kappa shape index (κ1) is 21.2. The minimum Gasteiger partial charge on any atom is -0.506 e. The number of carbonyl (C=O) groups is 1. The van der Waals surface area contributed by atoms with E-state index >= 15 is 0 Å². The molecule has 1 amide bonds. The van der Waals surface area contributed by atoms with E-state index in [9.17, 15) is 19.8 Å². The molecule has 1 aromatic heterocycles. The second kappa shape index (κ2) is 9.77. The van der Waals surface area contributed by atoms with E-state index in [4.69, 9.17) is 15.2 Å². The molecular weight excluding hydrogens is 390 g/mol. The highest BCUT2D eigenvalue weighted by Gasteiger charge is 2.10. The Bertz CT molecular complexity index is 1060. The third kappa shape index (κ3) is 5.49. The molecule has 1 heterocycles. The molecule has 3 aromatic rings. The molecule has 0 radical (unpaired) electrons. The van der Waals surface area contributed by atoms with E-state index in [2.05, 4.69) is 10.3 Å². The van der Waals surface area contributed by atoms with Crippen LogP contribution < -0.4 is 26.1 Å². The van der Waals surface area contributed by atoms with Crippen LogP contribution in [0.15, 0.2) is 53.3 Å². The van der Waals surface area contributed by atoms with Crippen LogP contribution in [-0.4, -0.2) is 53.5 Å². The Morgan fingerprint density at radius 1 is 1.10 bits per heavy atom. The maximum atomic E-state index is 11.4. The lowest BCUT2D eigenvalue weighted by Gasteiger charge is -2.15. The number of aliphatic hydroxyl groups is 1. The van der Waals surface area contributed by atoms with Crippen LogP contribution in [0.2, 0.25) is 0 Å². The smallest absolute Gasteiger partial charge is 0.248 e. The molecule has 6 N–H and O–H groups in total. The van der Waals surface area contributed by atoms with Crippen LogP contribution in [0.5, 0.6) is 17.2 Å². The number of benzene rings is 2. The molecule has 0 bridgehead atoms. The number of phenols is 1. The highest BCUT2D eigenvalue weighted by atomic mass is 16.5. The number of hydrogen-bond acceptors (Lipinski definition) is 7. The molecule has 30 heavy (non-hydrogen) atoms. The Kier molecular flexibility index (Phi) is 6.89. The number of ether oxygens (including phenoxy) is 2. The molecule has 1 unspecified atom stereocenters. The van der Waals surface area contributed by atoms with Gasteiger partial charge in [-0.05, 0) is 42.5 Å². The van der Waals surface area contributed by atoms with Gasteiger partial charge >= 0.3 is 0 Å². The fourth-order valence-electron chi connectivity index (χ4n) is 2.81. The van der Waals surface area contributed by atoms with Gasteiger partial charge in [-0.3, -0.25) is 9.59 Å². The highest BCUT2D eigenvalue weighted by Crippen LogP contribution is 2.29. The van der Waals surface area contributed by atoms with E-state index in [0.29, 0.717) is 35.6 Å². The molecule has 0 aliphatic carbocycles. The lowest BCUT2D eigenvalue weighted by atomic mass is 10.2. The van der Waals surface area contributed by atoms with Crippen LogP contribution in [0, 0.1) is 0 Å². The number of H-pyrrole nitrogens is 1. The van der Waals surface area contributed by atoms with Gasteiger partial charge in [-0.2, -0.15) is 0 Å². The first-order valence-corrected chi connectivity index (χ1v) is 9.33. The SMILES string of the molecule is NC(=O)c1ccc(OCCNCC(O)COc2ccc(O)c3[nH]c(=O)ccc23)cc1. The summed E-state index contributed by atoms with van der Waals surface area (Å²) in [5.41, 5.74) is 5.56. The quantitative estimate of drug-likeness (QED) is 0.308. The van der Waals surface area contributed by atoms with Crippen molar-refractivity contribution in [3.63, 3.8) is 0 Å². The molecule has 0 saturated heterocycles. The zero-order valence-electron chi connectivity index (χ0n) is 16.1. The number of aromatic amines is 1. The van der Waals surface area contributed by atoms with Crippen LogP contribution in [0.1, 0.15) is 10.4 Å². The van der Waals surface area contributed by atoms with Gasteiger partial charge in [0.05, 0.1) is 5.52 Å². The lowest BCUT2D eigenvalue weighted by Crippen LogP contribution is -2.33. The van der Waals surface area contributed by atoms with E-state index in [-0.39, 0.29) is 30.0 Å². The van der Waals surface area contributed by atoms with Crippen molar-refractivity contribution in [2.75, 3.05) is 26.3 Å². The number of pyridine rings is 1. The fraction of sp³-hybridized carbons (Fsp3) is 0.238. The van der Waals surface area contributed by atoms with E-state index < -0.39 is 12.0 Å². The van der Waals surface area contributed by atoms with Crippen LogP contribution in [-0.2, 0) is 0 Å². The average molecular weight is 413 g/mol. The highest BCUT2D eigenvalue weighted by molar-refractivity contribution is 5.92. The molecule has 0 fully saturated rings. The number of fused-ring (bicyclic) bond motifs is 1. The number of carbonyl (C=O) groups excluding carboxylic acids is 1. The zero-order chi connectivity index (χ0) is 21.5. The molecule has 0 saturated carbocycles. The van der Waals surface area contributed by atoms with Crippen molar-refractivity contribution in [1.82, 2.24) is 10.3 Å². The number of rotatable bonds is 10. The Labute approximate surface area is 172 Å². The Morgan fingerprint density at radius 2 is 1.87 bits per heavy atom. The number of primary amides is 1. The number of hydrogen-bond donors (Lipinski definition) is 5. The lowest BCUT2D eigenvalue weighted by molar-refractivity contribution is 0.1000. The van der Waals surface area contributed by atoms with E-state index in [1.165, 1.54) is 12.1 Å². The number of aromatic hydroxyl groups is 1. The van der Waals surface area contributed by atoms with Crippen LogP contribution in [0.3, 0.4) is 0 Å². The summed E-state index contributed by atoms with van der Waals surface area (Å²) >= 11 is 0. The molecule has 1 atom stereocenters. The van der Waals surface area contributed by atoms with Crippen molar-refractivity contribution < 1.29 is 24.5 Å². The third-order valence-electron chi connectivity index (χ3n) is 4.33. The number of phenolic OH excluding ortho intramolecular Hbond substituents is 1. The third-order valence-corrected chi connectivity index (χ3v) is 4.33. The predicted molar refractivity (Wildman–Crippen MR) is 111 cm³/mol. The number of amides is 1. The maximum Gasteiger partial charge on any atom is 0.248 e. The van der Waals surface area contributed by atoms with Crippen molar-refractivity contribution >= 4 is 16.8 Å². The van der Waals surface area contributed by atoms with Crippen LogP contribution in [0.25, 0.3) is 10.9 Å². The summed E-state index contributed by atoms with van der Waals surface area (Å²) < 4.78 is 11.2. The van der Waals surface area contributed by atoms with Gasteiger partial charge in [0, 0.05) is 30.1 Å². The van der Waals surface area contributed by atoms with Gasteiger partial charge in [-0.15, -0.1) is 0 Å². The molecule has 2 aromatic carbocycles. The summed E-state index contributed by atoms with van der Waals surface area (Å²) in [7, 11) is 0. The predicted octanol–water partition coefficient (Wildman–Crippen LogP) is 0.741. The summed E-state index contributed by atoms with van der Waals surface area (Å²) in [4.78, 5) is 25.0. The van der Waals surface area contributed by atoms with E-state index in [1.807, 2.05) is 0 Å². The van der Waals surface area contributed by atoms with Gasteiger partial charge in [-0.25, -0.2) is 0 Å². The summed E-state index contributed by atoms with van der Waals surface area (Å²) in [6.07, 6.45) is -0.772. The van der Waals surface area contributed by atoms with Gasteiger partial charge in [0.1, 0.15) is 36.6 Å². The molecule has 0 aliphatic heterocycles. The normalized spacial score (nSPS) is 11.9. The fourth-order valence-corrected chi connectivity index (χ4v) is 2.81. The van der Waals surface area contributed by atoms with Crippen molar-refractivity contribution in [1.29, 1.82) is 0 Å². The number of nitrogens with one attached hydrogen (secondary N) is 2. The van der Waals surface area contributed by atoms with Crippen molar-refractivity contribution in [2.45, 2.75) is 6.10 Å². The zero-order valence-corrected chi connectivity index (χ0v) is 16.1. The van der Waals surface area contributed by atoms with Crippen molar-refractivity contribution in [2.24, 2.45) is 5.73 Å². The second-order valence-electron chi connectivity index (χ2n) is 6.60. The molecule has 158 valence electrons. The number of nitrogens with two attached hydrogens (primary N) is 1. The molecule has 0 spiro atoms. The van der Waals surface area contributed by atoms with Crippen LogP contribution in [0.4, 0.5) is 0 Å². The first-order valence-electron chi connectivity index (χ1n) is 9.33. The van der Waals surface area contributed by atoms with E-state index in [1.54, 1.807) is 36.4 Å². The van der Waals surface area contributed by atoms with Gasteiger partial charge in [0.15, 0.2) is 0 Å². The topological polar surface area (TPSA) is 147 Å². The second-order valence-corrected chi connectivity index (χ2v) is 6.60. The standard InChI is InChI=1S/C21H23N3O6/c22-21(28)13-1-3-15(4-2-13)29-10-9-23-11-14(25)12-30-18-7-6-17(26)20-16(18)5-8-19(27)24-20/h1-8,14,23,25-26H,9-12H2,(H2,22,28)(H,24,27). The average Bonchev–Trinajstić information content (AvgIpc) is 2.73. The number of aliphatic hydroxyl groups excluding tert-OH is 1. The summed E-state index contributed by atoms with van der Waals surface area (Å²) in [6.45, 7) is 1.19. The Balaban J connectivity index is 1.41. The van der Waals surface area contributed by atoms with Crippen molar-refractivity contribution in [3.8, 4) is 17.2 Å². The summed E-state index contributed by atoms with van der Waals surface area (Å²) in [5, 5.41) is 23.6. The maximum absolute atomic E-state index is 11.4. The first-order chi connectivity index (χ1) is 14.4. The Morgan fingerprint density at radius 3 is 2.60 bits per heavy atom. The summed E-state index contributed by atoms with van der Waals surface area (Å²) in [6, 6.07) is 12.4. The van der Waals surface area contributed by atoms with Crippen molar-refractivity contribution in [3.05, 3.63) is 64.4 Å². The van der Waals surface area contributed by atoms with Gasteiger partial charge in [0.2, 0.25) is 11.5 Å². The molecular formula is C21H23N3O6. The van der Waals surface area contributed by atoms with E-state index in [0.717, 1.165) is 0 Å². The number of aromatic nitrogens is 1. The molecule has 9 heteroatoms. The van der Waals surface area contributed by atoms with Gasteiger partial charge in [-0.1, -0.05) is 0 Å². The van der Waals surface area contributed by atoms with Crippen LogP contribution >= 0.6 is 0 Å². The monoisotopic (exact) mass is 413 g/mol. The Hall–Kier alpha value is -3.56. The van der Waals surface area contributed by atoms with Gasteiger partial charge < -0.3 is 35.7 Å². The molecule has 9 nitrogen and oxygen atoms in total. The molecule has 3 rings (SSSR count). The molecule has 0 aliphatic rings. The largest absolute Gasteiger partial charge is 0.506 e. The minimum absolute atomic E-state index is 0.0292. The van der Waals surface area contributed by atoms with Gasteiger partial charge in [0.25, 0.3) is 0 Å². The summed E-state index contributed by atoms with van der Waals surface area (Å²) in [5.74, 6) is 0.512. The minimum atomic E-state index is -0.772.